The molecular formula is C16H25ClN2O2. The van der Waals surface area contributed by atoms with Gasteiger partial charge in [-0.1, -0.05) is 29.8 Å². The molecule has 0 aromatic heterocycles. The third kappa shape index (κ3) is 6.46. The fourth-order valence-corrected chi connectivity index (χ4v) is 2.41. The molecule has 0 aliphatic carbocycles. The second-order valence-corrected chi connectivity index (χ2v) is 5.66. The first-order valence-electron chi connectivity index (χ1n) is 7.22. The van der Waals surface area contributed by atoms with Gasteiger partial charge in [0.1, 0.15) is 0 Å². The van der Waals surface area contributed by atoms with Gasteiger partial charge < -0.3 is 15.0 Å². The number of unbranched alkanes of at least 4 members (excludes halogenated alkanes) is 1. The molecule has 1 atom stereocenters. The van der Waals surface area contributed by atoms with Crippen LogP contribution in [0, 0.1) is 0 Å². The van der Waals surface area contributed by atoms with Crippen LogP contribution in [0.5, 0.6) is 0 Å². The van der Waals surface area contributed by atoms with Crippen LogP contribution in [0.1, 0.15) is 30.9 Å². The summed E-state index contributed by atoms with van der Waals surface area (Å²) in [6, 6.07) is 7.82. The first kappa shape index (κ1) is 18.0. The Balaban J connectivity index is 2.49. The van der Waals surface area contributed by atoms with Gasteiger partial charge in [0.25, 0.3) is 0 Å². The summed E-state index contributed by atoms with van der Waals surface area (Å²) in [5.41, 5.74) is 1.03. The number of nitrogens with one attached hydrogen (secondary N) is 1. The fourth-order valence-electron chi connectivity index (χ4n) is 2.15. The van der Waals surface area contributed by atoms with Crippen LogP contribution >= 0.6 is 11.6 Å². The van der Waals surface area contributed by atoms with Crippen molar-refractivity contribution < 1.29 is 9.53 Å². The van der Waals surface area contributed by atoms with Gasteiger partial charge in [0.2, 0.25) is 5.91 Å². The molecule has 0 bridgehead atoms. The van der Waals surface area contributed by atoms with E-state index in [1.165, 1.54) is 0 Å². The summed E-state index contributed by atoms with van der Waals surface area (Å²) in [5.74, 6) is 0.0741. The summed E-state index contributed by atoms with van der Waals surface area (Å²) in [6.07, 6.45) is 2.29. The molecular weight excluding hydrogens is 288 g/mol. The average Bonchev–Trinajstić information content (AvgIpc) is 2.45. The van der Waals surface area contributed by atoms with E-state index in [4.69, 9.17) is 16.3 Å². The second-order valence-electron chi connectivity index (χ2n) is 5.25. The minimum absolute atomic E-state index is 0.0709. The highest BCUT2D eigenvalue weighted by Crippen LogP contribution is 2.25. The molecule has 1 unspecified atom stereocenters. The molecule has 1 aromatic rings. The number of nitrogens with zero attached hydrogens (tertiary/aromatic N) is 1. The van der Waals surface area contributed by atoms with E-state index in [-0.39, 0.29) is 11.9 Å². The summed E-state index contributed by atoms with van der Waals surface area (Å²) < 4.78 is 4.97. The van der Waals surface area contributed by atoms with Gasteiger partial charge in [-0.25, -0.2) is 0 Å². The van der Waals surface area contributed by atoms with Crippen molar-refractivity contribution in [2.24, 2.45) is 0 Å². The number of carbonyl (C=O) groups is 1. The number of likely N-dealkylation sites (N-methyl/N-ethyl adjacent to an activating group) is 1. The molecule has 0 spiro atoms. The maximum absolute atomic E-state index is 11.8. The summed E-state index contributed by atoms with van der Waals surface area (Å²) >= 11 is 6.24. The molecule has 1 rings (SSSR count). The highest BCUT2D eigenvalue weighted by molar-refractivity contribution is 6.31. The molecule has 0 saturated heterocycles. The molecule has 5 heteroatoms. The number of halogens is 1. The lowest BCUT2D eigenvalue weighted by atomic mass is 10.1. The third-order valence-electron chi connectivity index (χ3n) is 3.38. The molecule has 0 aliphatic heterocycles. The third-order valence-corrected chi connectivity index (χ3v) is 3.73. The molecule has 1 aromatic carbocycles. The van der Waals surface area contributed by atoms with Crippen molar-refractivity contribution in [3.8, 4) is 0 Å². The van der Waals surface area contributed by atoms with E-state index in [2.05, 4.69) is 10.2 Å². The normalized spacial score (nSPS) is 12.4. The quantitative estimate of drug-likeness (QED) is 0.713. The number of benzene rings is 1. The second kappa shape index (κ2) is 9.77. The number of amides is 1. The molecule has 4 nitrogen and oxygen atoms in total. The van der Waals surface area contributed by atoms with Gasteiger partial charge in [-0.3, -0.25) is 4.79 Å². The predicted molar refractivity (Wildman–Crippen MR) is 86.6 cm³/mol. The van der Waals surface area contributed by atoms with Crippen molar-refractivity contribution in [1.29, 1.82) is 0 Å². The molecule has 0 saturated carbocycles. The molecule has 118 valence electrons. The Morgan fingerprint density at radius 2 is 2.05 bits per heavy atom. The van der Waals surface area contributed by atoms with E-state index >= 15 is 0 Å². The Hall–Kier alpha value is -1.10. The first-order valence-corrected chi connectivity index (χ1v) is 7.60. The number of ether oxygens (including phenoxy) is 1. The van der Waals surface area contributed by atoms with Crippen LogP contribution in [-0.2, 0) is 9.53 Å². The predicted octanol–water partition coefficient (Wildman–Crippen LogP) is 2.88. The summed E-state index contributed by atoms with van der Waals surface area (Å²) in [6.45, 7) is 1.26. The van der Waals surface area contributed by atoms with Gasteiger partial charge in [-0.05, 0) is 38.6 Å². The number of hydrogen-bond donors (Lipinski definition) is 1. The van der Waals surface area contributed by atoms with Crippen molar-refractivity contribution in [3.63, 3.8) is 0 Å². The summed E-state index contributed by atoms with van der Waals surface area (Å²) in [5, 5.41) is 3.71. The average molecular weight is 313 g/mol. The lowest BCUT2D eigenvalue weighted by Gasteiger charge is -2.26. The van der Waals surface area contributed by atoms with Crippen LogP contribution in [-0.4, -0.2) is 45.2 Å². The van der Waals surface area contributed by atoms with Crippen LogP contribution in [0.2, 0.25) is 5.02 Å². The largest absolute Gasteiger partial charge is 0.385 e. The molecule has 0 heterocycles. The monoisotopic (exact) mass is 312 g/mol. The maximum atomic E-state index is 11.8. The van der Waals surface area contributed by atoms with Crippen LogP contribution in [0.4, 0.5) is 0 Å². The highest BCUT2D eigenvalue weighted by atomic mass is 35.5. The van der Waals surface area contributed by atoms with E-state index in [0.29, 0.717) is 19.6 Å². The molecule has 0 radical (unpaired) electrons. The van der Waals surface area contributed by atoms with Gasteiger partial charge in [0.05, 0.1) is 6.04 Å². The van der Waals surface area contributed by atoms with Crippen molar-refractivity contribution in [2.75, 3.05) is 34.4 Å². The standard InChI is InChI=1S/C16H25ClN2O2/c1-19(2)15(13-8-4-5-9-14(13)17)12-18-16(20)10-6-7-11-21-3/h4-5,8-9,15H,6-7,10-12H2,1-3H3,(H,18,20). The minimum Gasteiger partial charge on any atom is -0.385 e. The van der Waals surface area contributed by atoms with Crippen LogP contribution in [0.3, 0.4) is 0 Å². The Labute approximate surface area is 132 Å². The molecule has 21 heavy (non-hydrogen) atoms. The van der Waals surface area contributed by atoms with E-state index < -0.39 is 0 Å². The SMILES string of the molecule is COCCCCC(=O)NCC(c1ccccc1Cl)N(C)C. The molecule has 1 N–H and O–H groups in total. The zero-order valence-electron chi connectivity index (χ0n) is 13.1. The number of methoxy groups -OCH3 is 1. The van der Waals surface area contributed by atoms with Crippen LogP contribution < -0.4 is 5.32 Å². The van der Waals surface area contributed by atoms with Crippen molar-refractivity contribution in [1.82, 2.24) is 10.2 Å². The number of hydrogen-bond acceptors (Lipinski definition) is 3. The van der Waals surface area contributed by atoms with E-state index in [1.54, 1.807) is 7.11 Å². The van der Waals surface area contributed by atoms with Gasteiger partial charge in [0, 0.05) is 31.7 Å². The van der Waals surface area contributed by atoms with Crippen LogP contribution in [0.25, 0.3) is 0 Å². The zero-order chi connectivity index (χ0) is 15.7. The van der Waals surface area contributed by atoms with Gasteiger partial charge in [-0.15, -0.1) is 0 Å². The van der Waals surface area contributed by atoms with Crippen molar-refractivity contribution in [3.05, 3.63) is 34.9 Å². The molecule has 1 amide bonds. The Kier molecular flexibility index (Phi) is 8.35. The minimum atomic E-state index is 0.0709. The smallest absolute Gasteiger partial charge is 0.220 e. The van der Waals surface area contributed by atoms with Gasteiger partial charge in [-0.2, -0.15) is 0 Å². The fraction of sp³-hybridized carbons (Fsp3) is 0.562. The van der Waals surface area contributed by atoms with Gasteiger partial charge >= 0.3 is 0 Å². The lowest BCUT2D eigenvalue weighted by molar-refractivity contribution is -0.121. The van der Waals surface area contributed by atoms with E-state index in [1.807, 2.05) is 38.4 Å². The van der Waals surface area contributed by atoms with E-state index in [0.717, 1.165) is 23.4 Å². The Bertz CT molecular complexity index is 438. The zero-order valence-corrected chi connectivity index (χ0v) is 13.8. The topological polar surface area (TPSA) is 41.6 Å². The number of rotatable bonds is 9. The Morgan fingerprint density at radius 3 is 2.67 bits per heavy atom. The van der Waals surface area contributed by atoms with Gasteiger partial charge in [0.15, 0.2) is 0 Å². The Morgan fingerprint density at radius 1 is 1.33 bits per heavy atom. The maximum Gasteiger partial charge on any atom is 0.220 e. The van der Waals surface area contributed by atoms with Crippen LogP contribution in [0.15, 0.2) is 24.3 Å². The summed E-state index contributed by atoms with van der Waals surface area (Å²) in [7, 11) is 5.64. The molecule has 0 fully saturated rings. The van der Waals surface area contributed by atoms with Crippen molar-refractivity contribution in [2.45, 2.75) is 25.3 Å². The summed E-state index contributed by atoms with van der Waals surface area (Å²) in [4.78, 5) is 13.9. The van der Waals surface area contributed by atoms with Crippen molar-refractivity contribution >= 4 is 17.5 Å². The number of carbonyl (C=O) groups excluding carboxylic acids is 1. The molecule has 0 aliphatic rings. The highest BCUT2D eigenvalue weighted by Gasteiger charge is 2.17. The van der Waals surface area contributed by atoms with E-state index in [9.17, 15) is 4.79 Å². The first-order chi connectivity index (χ1) is 10.1. The lowest BCUT2D eigenvalue weighted by Crippen LogP contribution is -2.34.